The number of fused-ring (bicyclic) bond motifs is 8. The molecule has 8 aromatic heterocycles. The van der Waals surface area contributed by atoms with E-state index in [-0.39, 0.29) is 0 Å². The monoisotopic (exact) mass is 1500 g/mol. The molecule has 0 radical (unpaired) electrons. The van der Waals surface area contributed by atoms with E-state index in [9.17, 15) is 0 Å². The van der Waals surface area contributed by atoms with E-state index in [1.807, 2.05) is 218 Å². The van der Waals surface area contributed by atoms with E-state index in [2.05, 4.69) is 288 Å². The number of rotatable bonds is 0. The van der Waals surface area contributed by atoms with Gasteiger partial charge in [0.15, 0.2) is 0 Å². The largest absolute Gasteiger partial charge is 0.264 e. The zero-order valence-corrected chi connectivity index (χ0v) is 74.7. The molecule has 0 aliphatic heterocycles. The summed E-state index contributed by atoms with van der Waals surface area (Å²) < 4.78 is 0. The van der Waals surface area contributed by atoms with Gasteiger partial charge in [0.2, 0.25) is 0 Å². The van der Waals surface area contributed by atoms with Gasteiger partial charge in [-0.25, -0.2) is 0 Å². The molecule has 0 fully saturated rings. The highest BCUT2D eigenvalue weighted by Crippen LogP contribution is 2.25. The minimum absolute atomic E-state index is 1.09. The Morgan fingerprint density at radius 1 is 0.196 bits per heavy atom. The molecule has 0 unspecified atom stereocenters. The lowest BCUT2D eigenvalue weighted by molar-refractivity contribution is 1.15. The van der Waals surface area contributed by atoms with Crippen LogP contribution < -0.4 is 0 Å². The van der Waals surface area contributed by atoms with Crippen molar-refractivity contribution in [2.45, 2.75) is 222 Å². The summed E-state index contributed by atoms with van der Waals surface area (Å²) in [6.45, 7) is 65.5. The van der Waals surface area contributed by atoms with Crippen LogP contribution in [0.25, 0.3) is 86.7 Å². The maximum atomic E-state index is 4.44. The number of benzene rings is 8. The second-order valence-electron chi connectivity index (χ2n) is 25.0. The van der Waals surface area contributed by atoms with Gasteiger partial charge in [-0.3, -0.25) is 39.9 Å². The van der Waals surface area contributed by atoms with Crippen molar-refractivity contribution in [1.29, 1.82) is 0 Å². The molecule has 592 valence electrons. The van der Waals surface area contributed by atoms with Gasteiger partial charge in [-0.1, -0.05) is 255 Å². The molecular weight excluding hydrogens is 1360 g/mol. The second kappa shape index (κ2) is 55.4. The van der Waals surface area contributed by atoms with E-state index in [1.165, 1.54) is 131 Å². The van der Waals surface area contributed by atoms with Crippen LogP contribution in [-0.4, -0.2) is 39.9 Å². The Morgan fingerprint density at radius 2 is 0.616 bits per heavy atom. The molecule has 0 aliphatic carbocycles. The number of para-hydroxylation sites is 1. The lowest BCUT2D eigenvalue weighted by Gasteiger charge is -2.02. The van der Waals surface area contributed by atoms with Crippen molar-refractivity contribution in [3.63, 3.8) is 0 Å². The summed E-state index contributed by atoms with van der Waals surface area (Å²) in [5.74, 6) is 0. The molecule has 0 saturated carbocycles. The van der Waals surface area contributed by atoms with Crippen LogP contribution in [0.15, 0.2) is 244 Å². The molecule has 8 heteroatoms. The first-order valence-electron chi connectivity index (χ1n) is 40.7. The minimum Gasteiger partial charge on any atom is -0.264 e. The molecule has 0 atom stereocenters. The number of aromatic nitrogens is 8. The van der Waals surface area contributed by atoms with Gasteiger partial charge < -0.3 is 0 Å². The Bertz CT molecular complexity index is 4540. The maximum Gasteiger partial charge on any atom is 0.0733 e. The molecular formula is C104H136N8. The summed E-state index contributed by atoms with van der Waals surface area (Å²) in [7, 11) is 0. The minimum atomic E-state index is 1.09. The molecule has 16 rings (SSSR count). The lowest BCUT2D eigenvalue weighted by Crippen LogP contribution is -1.86. The van der Waals surface area contributed by atoms with Crippen molar-refractivity contribution in [2.75, 3.05) is 0 Å². The Hall–Kier alpha value is -11.0. The quantitative estimate of drug-likeness (QED) is 0.148. The summed E-state index contributed by atoms with van der Waals surface area (Å²) in [4.78, 5) is 34.3. The second-order valence-corrected chi connectivity index (χ2v) is 25.0. The van der Waals surface area contributed by atoms with Gasteiger partial charge in [0.25, 0.3) is 0 Å². The molecule has 16 aromatic rings. The molecule has 0 saturated heterocycles. The average Bonchev–Trinajstić information content (AvgIpc) is 0.843. The molecule has 0 spiro atoms. The van der Waals surface area contributed by atoms with E-state index in [4.69, 9.17) is 0 Å². The van der Waals surface area contributed by atoms with E-state index in [0.717, 1.165) is 44.8 Å². The van der Waals surface area contributed by atoms with Gasteiger partial charge in [0.1, 0.15) is 0 Å². The molecule has 0 amide bonds. The molecule has 0 bridgehead atoms. The van der Waals surface area contributed by atoms with Crippen LogP contribution in [-0.2, 0) is 0 Å². The fraction of sp³-hybridized carbons (Fsp3) is 0.308. The third-order valence-corrected chi connectivity index (χ3v) is 16.8. The number of nitrogens with zero attached hydrogens (tertiary/aromatic N) is 8. The van der Waals surface area contributed by atoms with Gasteiger partial charge in [-0.15, -0.1) is 0 Å². The first kappa shape index (κ1) is 99.0. The summed E-state index contributed by atoms with van der Waals surface area (Å²) in [6.07, 6.45) is 14.9. The highest BCUT2D eigenvalue weighted by molar-refractivity contribution is 5.90. The van der Waals surface area contributed by atoms with Gasteiger partial charge in [-0.05, 0) is 249 Å². The van der Waals surface area contributed by atoms with Crippen LogP contribution in [0.5, 0.6) is 0 Å². The Kier molecular flexibility index (Phi) is 49.0. The average molecular weight is 1500 g/mol. The van der Waals surface area contributed by atoms with Crippen molar-refractivity contribution in [3.05, 3.63) is 333 Å². The molecule has 0 N–H and O–H groups in total. The SMILES string of the molecule is CC.CC.CC.CC.CC.CC.CC.CC.Cc1cc(C)c2ccccc2n1.Cc1cc(C)c2cccnc2c1.Cc1cc(C)c2ccncc2c1.Cc1cc(C)c2cnccc2c1.Cc1cc(C)c2ncccc2c1.Cc1cc2ccccc2c(C)n1.Cc1ccc(C)c2ncccc12.Cc1cnc(C)c2ccccc12. The summed E-state index contributed by atoms with van der Waals surface area (Å²) >= 11 is 0. The standard InChI is InChI=1S/8C11H11N.8C2H6/c1-8-5-9(2)11-3-4-12-7-10(11)6-8;1-8-5-9(2)11-7-12-4-3-10(11)6-8;1-8-5-6-9(2)11-10(8)4-3-7-12-11;1-8-6-9(2)10-4-3-5-12-11(10)7-8;1-8-6-9(2)11-10(7-8)4-3-5-12-11;1-8-7-12-9(2)11-6-4-3-5-10(8)11;1-8-7-10-5-3-4-6-11(10)9(2)12-8;1-8-7-9(2)12-11-6-4-3-5-10(8)11;8*1-2/h8*3-7H,1-2H3;8*1-2H3. The predicted molar refractivity (Wildman–Crippen MR) is 501 cm³/mol. The third-order valence-electron chi connectivity index (χ3n) is 16.8. The summed E-state index contributed by atoms with van der Waals surface area (Å²) in [5.41, 5.74) is 24.3. The summed E-state index contributed by atoms with van der Waals surface area (Å²) in [5, 5.41) is 15.2. The van der Waals surface area contributed by atoms with Crippen LogP contribution in [0, 0.1) is 111 Å². The van der Waals surface area contributed by atoms with Crippen LogP contribution in [0.1, 0.15) is 200 Å². The van der Waals surface area contributed by atoms with E-state index < -0.39 is 0 Å². The highest BCUT2D eigenvalue weighted by Gasteiger charge is 2.05. The predicted octanol–water partition coefficient (Wildman–Crippen LogP) is 31.0. The molecule has 0 aliphatic rings. The van der Waals surface area contributed by atoms with Crippen molar-refractivity contribution in [2.24, 2.45) is 0 Å². The first-order valence-corrected chi connectivity index (χ1v) is 40.7. The number of pyridine rings is 8. The number of hydrogen-bond acceptors (Lipinski definition) is 8. The Balaban J connectivity index is 0.000000623. The van der Waals surface area contributed by atoms with Crippen LogP contribution in [0.4, 0.5) is 0 Å². The van der Waals surface area contributed by atoms with Crippen LogP contribution >= 0.6 is 0 Å². The van der Waals surface area contributed by atoms with E-state index in [1.54, 1.807) is 0 Å². The topological polar surface area (TPSA) is 103 Å². The molecule has 8 nitrogen and oxygen atoms in total. The zero-order chi connectivity index (χ0) is 84.4. The fourth-order valence-electron chi connectivity index (χ4n) is 12.2. The van der Waals surface area contributed by atoms with E-state index >= 15 is 0 Å². The smallest absolute Gasteiger partial charge is 0.0733 e. The zero-order valence-electron chi connectivity index (χ0n) is 74.7. The first-order chi connectivity index (χ1) is 54.2. The Morgan fingerprint density at radius 3 is 1.23 bits per heavy atom. The van der Waals surface area contributed by atoms with Crippen LogP contribution in [0.3, 0.4) is 0 Å². The van der Waals surface area contributed by atoms with Gasteiger partial charge in [0.05, 0.1) is 22.1 Å². The number of aryl methyl sites for hydroxylation is 16. The Labute approximate surface area is 677 Å². The third kappa shape index (κ3) is 31.1. The molecule has 112 heavy (non-hydrogen) atoms. The fourth-order valence-corrected chi connectivity index (χ4v) is 12.2. The number of hydrogen-bond donors (Lipinski definition) is 0. The highest BCUT2D eigenvalue weighted by atomic mass is 14.7. The molecule has 8 heterocycles. The van der Waals surface area contributed by atoms with Crippen molar-refractivity contribution >= 4 is 86.7 Å². The van der Waals surface area contributed by atoms with E-state index in [0.29, 0.717) is 0 Å². The van der Waals surface area contributed by atoms with Crippen LogP contribution in [0.2, 0.25) is 0 Å². The molecule has 8 aromatic carbocycles. The van der Waals surface area contributed by atoms with Gasteiger partial charge >= 0.3 is 0 Å². The summed E-state index contributed by atoms with van der Waals surface area (Å²) in [6, 6.07) is 67.1. The lowest BCUT2D eigenvalue weighted by atomic mass is 10.0. The van der Waals surface area contributed by atoms with Crippen molar-refractivity contribution < 1.29 is 0 Å². The van der Waals surface area contributed by atoms with Crippen molar-refractivity contribution in [1.82, 2.24) is 39.9 Å². The van der Waals surface area contributed by atoms with Crippen molar-refractivity contribution in [3.8, 4) is 0 Å². The van der Waals surface area contributed by atoms with Gasteiger partial charge in [0, 0.05) is 115 Å². The van der Waals surface area contributed by atoms with Gasteiger partial charge in [-0.2, -0.15) is 0 Å². The normalized spacial score (nSPS) is 9.43. The maximum absolute atomic E-state index is 4.44.